The Morgan fingerprint density at radius 3 is 2.74 bits per heavy atom. The second kappa shape index (κ2) is 4.95. The first-order chi connectivity index (χ1) is 11.1. The summed E-state index contributed by atoms with van der Waals surface area (Å²) in [6, 6.07) is 11.1. The number of hydrogen-bond donors (Lipinski definition) is 1. The lowest BCUT2D eigenvalue weighted by Crippen LogP contribution is -2.08. The number of aryl methyl sites for hydroxylation is 2. The predicted molar refractivity (Wildman–Crippen MR) is 85.0 cm³/mol. The number of aromatic nitrogens is 3. The van der Waals surface area contributed by atoms with Gasteiger partial charge in [-0.2, -0.15) is 4.98 Å². The van der Waals surface area contributed by atoms with E-state index in [0.29, 0.717) is 17.1 Å². The molecule has 0 atom stereocenters. The minimum absolute atomic E-state index is 0.165. The lowest BCUT2D eigenvalue weighted by molar-refractivity contribution is 0.428. The number of benzene rings is 1. The first-order valence-electron chi connectivity index (χ1n) is 7.15. The molecule has 4 aromatic rings. The van der Waals surface area contributed by atoms with Crippen molar-refractivity contribution in [1.82, 2.24) is 15.1 Å². The zero-order valence-corrected chi connectivity index (χ0v) is 12.6. The summed E-state index contributed by atoms with van der Waals surface area (Å²) in [5, 5.41) is 4.79. The summed E-state index contributed by atoms with van der Waals surface area (Å²) in [5.74, 6) is 1.74. The van der Waals surface area contributed by atoms with Crippen LogP contribution in [0.15, 0.2) is 50.1 Å². The first-order valence-corrected chi connectivity index (χ1v) is 7.15. The van der Waals surface area contributed by atoms with Gasteiger partial charge in [0.2, 0.25) is 5.82 Å². The van der Waals surface area contributed by atoms with Crippen LogP contribution < -0.4 is 5.56 Å². The van der Waals surface area contributed by atoms with E-state index in [1.54, 1.807) is 12.1 Å². The Hall–Kier alpha value is -3.15. The quantitative estimate of drug-likeness (QED) is 0.613. The van der Waals surface area contributed by atoms with Crippen molar-refractivity contribution in [1.29, 1.82) is 0 Å². The van der Waals surface area contributed by atoms with Crippen molar-refractivity contribution in [2.75, 3.05) is 0 Å². The molecule has 0 aliphatic heterocycles. The highest BCUT2D eigenvalue weighted by molar-refractivity contribution is 5.82. The maximum absolute atomic E-state index is 12.3. The normalized spacial score (nSPS) is 11.2. The van der Waals surface area contributed by atoms with E-state index in [-0.39, 0.29) is 11.4 Å². The highest BCUT2D eigenvalue weighted by Gasteiger charge is 2.16. The molecule has 3 heterocycles. The number of rotatable bonds is 2. The van der Waals surface area contributed by atoms with Crippen molar-refractivity contribution in [2.24, 2.45) is 0 Å². The fourth-order valence-electron chi connectivity index (χ4n) is 2.47. The van der Waals surface area contributed by atoms with Gasteiger partial charge in [0, 0.05) is 5.52 Å². The van der Waals surface area contributed by atoms with Crippen molar-refractivity contribution >= 4 is 10.9 Å². The zero-order chi connectivity index (χ0) is 16.0. The molecule has 3 aromatic heterocycles. The van der Waals surface area contributed by atoms with E-state index in [4.69, 9.17) is 8.94 Å². The maximum atomic E-state index is 12.3. The third kappa shape index (κ3) is 2.34. The lowest BCUT2D eigenvalue weighted by atomic mass is 10.1. The van der Waals surface area contributed by atoms with E-state index in [1.807, 2.05) is 38.1 Å². The van der Waals surface area contributed by atoms with Gasteiger partial charge < -0.3 is 13.9 Å². The number of aromatic amines is 1. The molecule has 0 fully saturated rings. The van der Waals surface area contributed by atoms with Gasteiger partial charge in [0.1, 0.15) is 11.3 Å². The number of hydrogen-bond acceptors (Lipinski definition) is 5. The smallest absolute Gasteiger partial charge is 0.263 e. The van der Waals surface area contributed by atoms with Gasteiger partial charge in [0.15, 0.2) is 5.76 Å². The molecule has 6 heteroatoms. The number of fused-ring (bicyclic) bond motifs is 1. The SMILES string of the molecule is Cc1ccc2[nH]c(=O)c(-c3nc(-c4ccc(C)o4)no3)cc2c1. The molecule has 23 heavy (non-hydrogen) atoms. The van der Waals surface area contributed by atoms with E-state index in [0.717, 1.165) is 22.2 Å². The van der Waals surface area contributed by atoms with E-state index >= 15 is 0 Å². The van der Waals surface area contributed by atoms with Gasteiger partial charge in [-0.25, -0.2) is 0 Å². The van der Waals surface area contributed by atoms with Gasteiger partial charge in [-0.3, -0.25) is 4.79 Å². The van der Waals surface area contributed by atoms with Crippen LogP contribution in [0.3, 0.4) is 0 Å². The summed E-state index contributed by atoms with van der Waals surface area (Å²) in [5.41, 5.74) is 1.94. The molecule has 0 saturated heterocycles. The molecule has 0 aliphatic carbocycles. The molecule has 6 nitrogen and oxygen atoms in total. The number of nitrogens with zero attached hydrogens (tertiary/aromatic N) is 2. The largest absolute Gasteiger partial charge is 0.458 e. The third-order valence-corrected chi connectivity index (χ3v) is 3.62. The highest BCUT2D eigenvalue weighted by Crippen LogP contribution is 2.23. The van der Waals surface area contributed by atoms with E-state index in [9.17, 15) is 4.79 Å². The van der Waals surface area contributed by atoms with Crippen molar-refractivity contribution in [3.63, 3.8) is 0 Å². The molecular formula is C17H13N3O3. The Morgan fingerprint density at radius 1 is 1.09 bits per heavy atom. The number of pyridine rings is 1. The third-order valence-electron chi connectivity index (χ3n) is 3.62. The molecular weight excluding hydrogens is 294 g/mol. The summed E-state index contributed by atoms with van der Waals surface area (Å²) in [6.45, 7) is 3.83. The Labute approximate surface area is 130 Å². The molecule has 1 aromatic carbocycles. The van der Waals surface area contributed by atoms with Gasteiger partial charge in [0.25, 0.3) is 11.4 Å². The monoisotopic (exact) mass is 307 g/mol. The van der Waals surface area contributed by atoms with Crippen LogP contribution in [-0.2, 0) is 0 Å². The standard InChI is InChI=1S/C17H13N3O3/c1-9-3-5-13-11(7-9)8-12(16(21)18-13)17-19-15(20-23-17)14-6-4-10(2)22-14/h3-8H,1-2H3,(H,18,21). The van der Waals surface area contributed by atoms with Crippen LogP contribution in [0.5, 0.6) is 0 Å². The topological polar surface area (TPSA) is 84.9 Å². The predicted octanol–water partition coefficient (Wildman–Crippen LogP) is 3.45. The summed E-state index contributed by atoms with van der Waals surface area (Å²) in [6.07, 6.45) is 0. The second-order valence-corrected chi connectivity index (χ2v) is 5.44. The molecule has 0 unspecified atom stereocenters. The molecule has 0 radical (unpaired) electrons. The van der Waals surface area contributed by atoms with Crippen molar-refractivity contribution < 1.29 is 8.94 Å². The zero-order valence-electron chi connectivity index (χ0n) is 12.6. The average molecular weight is 307 g/mol. The van der Waals surface area contributed by atoms with Gasteiger partial charge in [-0.05, 0) is 49.6 Å². The summed E-state index contributed by atoms with van der Waals surface area (Å²) >= 11 is 0. The fraction of sp³-hybridized carbons (Fsp3) is 0.118. The summed E-state index contributed by atoms with van der Waals surface area (Å²) in [7, 11) is 0. The summed E-state index contributed by atoms with van der Waals surface area (Å²) < 4.78 is 10.7. The Morgan fingerprint density at radius 2 is 1.96 bits per heavy atom. The number of H-pyrrole nitrogens is 1. The molecule has 0 saturated carbocycles. The van der Waals surface area contributed by atoms with Crippen LogP contribution >= 0.6 is 0 Å². The van der Waals surface area contributed by atoms with Gasteiger partial charge in [0.05, 0.1) is 0 Å². The van der Waals surface area contributed by atoms with Crippen LogP contribution in [0, 0.1) is 13.8 Å². The molecule has 0 amide bonds. The minimum Gasteiger partial charge on any atom is -0.458 e. The second-order valence-electron chi connectivity index (χ2n) is 5.44. The Bertz CT molecular complexity index is 1070. The molecule has 114 valence electrons. The van der Waals surface area contributed by atoms with E-state index < -0.39 is 0 Å². The van der Waals surface area contributed by atoms with Crippen LogP contribution in [0.25, 0.3) is 33.9 Å². The highest BCUT2D eigenvalue weighted by atomic mass is 16.5. The average Bonchev–Trinajstić information content (AvgIpc) is 3.16. The molecule has 0 bridgehead atoms. The minimum atomic E-state index is -0.271. The Balaban J connectivity index is 1.84. The maximum Gasteiger partial charge on any atom is 0.263 e. The molecule has 0 aliphatic rings. The fourth-order valence-corrected chi connectivity index (χ4v) is 2.47. The van der Waals surface area contributed by atoms with Gasteiger partial charge >= 0.3 is 0 Å². The molecule has 0 spiro atoms. The van der Waals surface area contributed by atoms with Gasteiger partial charge in [-0.1, -0.05) is 16.8 Å². The molecule has 1 N–H and O–H groups in total. The van der Waals surface area contributed by atoms with E-state index in [1.165, 1.54) is 0 Å². The number of nitrogens with one attached hydrogen (secondary N) is 1. The lowest BCUT2D eigenvalue weighted by Gasteiger charge is -2.01. The van der Waals surface area contributed by atoms with Crippen LogP contribution in [-0.4, -0.2) is 15.1 Å². The first kappa shape index (κ1) is 13.5. The summed E-state index contributed by atoms with van der Waals surface area (Å²) in [4.78, 5) is 19.4. The number of furan rings is 1. The van der Waals surface area contributed by atoms with Crippen LogP contribution in [0.2, 0.25) is 0 Å². The molecule has 4 rings (SSSR count). The van der Waals surface area contributed by atoms with Gasteiger partial charge in [-0.15, -0.1) is 0 Å². The van der Waals surface area contributed by atoms with Crippen LogP contribution in [0.4, 0.5) is 0 Å². The Kier molecular flexibility index (Phi) is 2.90. The van der Waals surface area contributed by atoms with Crippen molar-refractivity contribution in [2.45, 2.75) is 13.8 Å². The van der Waals surface area contributed by atoms with Crippen LogP contribution in [0.1, 0.15) is 11.3 Å². The van der Waals surface area contributed by atoms with Crippen molar-refractivity contribution in [3.8, 4) is 23.0 Å². The van der Waals surface area contributed by atoms with E-state index in [2.05, 4.69) is 15.1 Å². The van der Waals surface area contributed by atoms with Crippen molar-refractivity contribution in [3.05, 3.63) is 58.1 Å².